The van der Waals surface area contributed by atoms with Gasteiger partial charge in [0.05, 0.1) is 17.2 Å². The Labute approximate surface area is 133 Å². The van der Waals surface area contributed by atoms with Crippen LogP contribution >= 0.6 is 23.5 Å². The molecule has 22 heavy (non-hydrogen) atoms. The summed E-state index contributed by atoms with van der Waals surface area (Å²) in [5.74, 6) is 0. The lowest BCUT2D eigenvalue weighted by Gasteiger charge is -2.17. The number of aliphatic hydroxyl groups is 1. The van der Waals surface area contributed by atoms with Crippen molar-refractivity contribution in [1.29, 1.82) is 0 Å². The van der Waals surface area contributed by atoms with Crippen molar-refractivity contribution in [2.24, 2.45) is 0 Å². The predicted molar refractivity (Wildman–Crippen MR) is 80.3 cm³/mol. The van der Waals surface area contributed by atoms with Gasteiger partial charge in [-0.3, -0.25) is 18.9 Å². The van der Waals surface area contributed by atoms with Crippen molar-refractivity contribution >= 4 is 23.5 Å². The monoisotopic (exact) mass is 401 g/mol. The third-order valence-electron chi connectivity index (χ3n) is 2.92. The van der Waals surface area contributed by atoms with Crippen molar-refractivity contribution in [3.05, 3.63) is 31.5 Å². The van der Waals surface area contributed by atoms with E-state index in [4.69, 9.17) is 14.2 Å². The minimum absolute atomic E-state index is 0. The number of nitrogens with one attached hydrogen (secondary N) is 1. The summed E-state index contributed by atoms with van der Waals surface area (Å²) in [5, 5.41) is 9.86. The molecule has 2 heterocycles. The molecular weight excluding hydrogens is 385 g/mol. The van der Waals surface area contributed by atoms with Crippen LogP contribution in [0, 0.1) is 0 Å². The van der Waals surface area contributed by atoms with Crippen LogP contribution in [0.15, 0.2) is 20.3 Å². The van der Waals surface area contributed by atoms with Gasteiger partial charge in [-0.05, 0) is 15.9 Å². The summed E-state index contributed by atoms with van der Waals surface area (Å²) in [4.78, 5) is 34.1. The second-order valence-corrected chi connectivity index (χ2v) is 7.39. The minimum atomic E-state index is -3.67. The van der Waals surface area contributed by atoms with E-state index in [0.29, 0.717) is 0 Å². The van der Waals surface area contributed by atoms with Gasteiger partial charge in [0, 0.05) is 19.3 Å². The number of aromatic nitrogens is 2. The lowest BCUT2D eigenvalue weighted by Crippen LogP contribution is -2.32. The normalized spacial score (nSPS) is 27.2. The Kier molecular flexibility index (Phi) is 6.27. The van der Waals surface area contributed by atoms with E-state index in [9.17, 15) is 19.3 Å². The van der Waals surface area contributed by atoms with Crippen LogP contribution in [0.4, 0.5) is 0 Å². The fraction of sp³-hybridized carbons (Fsp3) is 0.600. The standard InChI is InChI=1S/C10H14BrN2O7P.H3N/c1-21(17,18)19-4-7-6(14)2-8(20-7)13-3-5(11)9(15)12-10(13)16;/h3,6-8,14H,2,4H2,1H3,(H,17,18)(H,12,15,16);1H3/t6-,7+,8+;/m0./s1. The predicted octanol–water partition coefficient (Wildman–Crippen LogP) is -0.0587. The third kappa shape index (κ3) is 4.59. The van der Waals surface area contributed by atoms with E-state index in [1.807, 2.05) is 0 Å². The van der Waals surface area contributed by atoms with Gasteiger partial charge in [0.2, 0.25) is 0 Å². The van der Waals surface area contributed by atoms with Gasteiger partial charge in [-0.1, -0.05) is 0 Å². The first-order valence-electron chi connectivity index (χ1n) is 5.96. The second-order valence-electron chi connectivity index (χ2n) is 4.67. The smallest absolute Gasteiger partial charge is 0.330 e. The molecule has 0 amide bonds. The topological polar surface area (TPSA) is 166 Å². The maximum absolute atomic E-state index is 11.7. The molecular formula is C10H17BrN3O7P. The van der Waals surface area contributed by atoms with Gasteiger partial charge in [-0.15, -0.1) is 0 Å². The molecule has 1 aromatic heterocycles. The quantitative estimate of drug-likeness (QED) is 0.509. The molecule has 2 rings (SSSR count). The highest BCUT2D eigenvalue weighted by Crippen LogP contribution is 2.38. The molecule has 1 aliphatic heterocycles. The Morgan fingerprint density at radius 2 is 2.23 bits per heavy atom. The zero-order valence-electron chi connectivity index (χ0n) is 11.6. The molecule has 0 aromatic carbocycles. The second kappa shape index (κ2) is 7.18. The van der Waals surface area contributed by atoms with Crippen LogP contribution in [-0.4, -0.2) is 45.0 Å². The van der Waals surface area contributed by atoms with Gasteiger partial charge in [-0.25, -0.2) is 4.79 Å². The molecule has 10 nitrogen and oxygen atoms in total. The summed E-state index contributed by atoms with van der Waals surface area (Å²) in [6.07, 6.45) is -1.25. The molecule has 1 saturated heterocycles. The Morgan fingerprint density at radius 1 is 1.59 bits per heavy atom. The maximum Gasteiger partial charge on any atom is 0.330 e. The maximum atomic E-state index is 11.7. The first kappa shape index (κ1) is 19.2. The molecule has 0 spiro atoms. The van der Waals surface area contributed by atoms with Crippen molar-refractivity contribution in [1.82, 2.24) is 15.7 Å². The number of rotatable bonds is 4. The number of aromatic amines is 1. The molecule has 0 aliphatic carbocycles. The number of hydrogen-bond donors (Lipinski definition) is 4. The van der Waals surface area contributed by atoms with Gasteiger partial charge in [-0.2, -0.15) is 0 Å². The molecule has 126 valence electrons. The zero-order valence-corrected chi connectivity index (χ0v) is 14.1. The van der Waals surface area contributed by atoms with E-state index in [2.05, 4.69) is 20.9 Å². The number of ether oxygens (including phenoxy) is 1. The van der Waals surface area contributed by atoms with Gasteiger partial charge in [0.1, 0.15) is 12.3 Å². The molecule has 12 heteroatoms. The molecule has 4 atom stereocenters. The highest BCUT2D eigenvalue weighted by Gasteiger charge is 2.36. The Balaban J connectivity index is 0.00000242. The molecule has 1 aromatic rings. The number of halogens is 1. The molecule has 0 saturated carbocycles. The van der Waals surface area contributed by atoms with E-state index in [0.717, 1.165) is 11.2 Å². The SMILES string of the molecule is CP(=O)(O)OC[C@H]1O[C@@H](n2cc(Br)c(=O)[nH]c2=O)C[C@@H]1O.N. The average Bonchev–Trinajstić information content (AvgIpc) is 2.72. The first-order chi connectivity index (χ1) is 9.67. The largest absolute Gasteiger partial charge is 0.390 e. The first-order valence-corrected chi connectivity index (χ1v) is 8.78. The van der Waals surface area contributed by atoms with E-state index in [-0.39, 0.29) is 23.7 Å². The summed E-state index contributed by atoms with van der Waals surface area (Å²) in [6.45, 7) is 0.747. The van der Waals surface area contributed by atoms with Crippen LogP contribution in [0.3, 0.4) is 0 Å². The Bertz CT molecular complexity index is 684. The Hall–Kier alpha value is -0.810. The summed E-state index contributed by atoms with van der Waals surface area (Å²) in [7, 11) is -3.67. The molecule has 1 fully saturated rings. The van der Waals surface area contributed by atoms with Crippen LogP contribution in [0.25, 0.3) is 0 Å². The van der Waals surface area contributed by atoms with Crippen molar-refractivity contribution in [2.75, 3.05) is 13.3 Å². The zero-order chi connectivity index (χ0) is 15.8. The lowest BCUT2D eigenvalue weighted by atomic mass is 10.2. The van der Waals surface area contributed by atoms with E-state index < -0.39 is 37.3 Å². The van der Waals surface area contributed by atoms with Gasteiger partial charge >= 0.3 is 13.3 Å². The molecule has 6 N–H and O–H groups in total. The van der Waals surface area contributed by atoms with Crippen molar-refractivity contribution < 1.29 is 23.8 Å². The highest BCUT2D eigenvalue weighted by molar-refractivity contribution is 9.10. The summed E-state index contributed by atoms with van der Waals surface area (Å²) < 4.78 is 22.5. The number of nitrogens with zero attached hydrogens (tertiary/aromatic N) is 1. The molecule has 1 aliphatic rings. The van der Waals surface area contributed by atoms with Crippen molar-refractivity contribution in [2.45, 2.75) is 24.9 Å². The molecule has 1 unspecified atom stereocenters. The summed E-state index contributed by atoms with van der Waals surface area (Å²) in [5.41, 5.74) is -1.24. The summed E-state index contributed by atoms with van der Waals surface area (Å²) >= 11 is 3.00. The molecule has 0 bridgehead atoms. The van der Waals surface area contributed by atoms with Crippen LogP contribution in [0.2, 0.25) is 0 Å². The Morgan fingerprint density at radius 3 is 2.82 bits per heavy atom. The third-order valence-corrected chi connectivity index (χ3v) is 4.11. The molecule has 0 radical (unpaired) electrons. The van der Waals surface area contributed by atoms with Crippen LogP contribution in [0.1, 0.15) is 12.6 Å². The van der Waals surface area contributed by atoms with Crippen molar-refractivity contribution in [3.8, 4) is 0 Å². The highest BCUT2D eigenvalue weighted by atomic mass is 79.9. The average molecular weight is 402 g/mol. The summed E-state index contributed by atoms with van der Waals surface area (Å²) in [6, 6.07) is 0. The van der Waals surface area contributed by atoms with Crippen LogP contribution in [-0.2, 0) is 13.8 Å². The van der Waals surface area contributed by atoms with E-state index >= 15 is 0 Å². The number of aliphatic hydroxyl groups excluding tert-OH is 1. The van der Waals surface area contributed by atoms with Gasteiger partial charge in [0.25, 0.3) is 5.56 Å². The van der Waals surface area contributed by atoms with E-state index in [1.165, 1.54) is 6.20 Å². The van der Waals surface area contributed by atoms with E-state index in [1.54, 1.807) is 0 Å². The van der Waals surface area contributed by atoms with Crippen LogP contribution < -0.4 is 17.4 Å². The van der Waals surface area contributed by atoms with Gasteiger partial charge < -0.3 is 25.4 Å². The fourth-order valence-corrected chi connectivity index (χ4v) is 2.67. The number of H-pyrrole nitrogens is 1. The van der Waals surface area contributed by atoms with Crippen molar-refractivity contribution in [3.63, 3.8) is 0 Å². The number of hydrogen-bond acceptors (Lipinski definition) is 7. The van der Waals surface area contributed by atoms with Crippen LogP contribution in [0.5, 0.6) is 0 Å². The fourth-order valence-electron chi connectivity index (χ4n) is 1.92. The lowest BCUT2D eigenvalue weighted by molar-refractivity contribution is -0.0422. The van der Waals surface area contributed by atoms with Gasteiger partial charge in [0.15, 0.2) is 0 Å². The minimum Gasteiger partial charge on any atom is -0.390 e.